The molecule has 0 radical (unpaired) electrons. The molecule has 0 aromatic heterocycles. The van der Waals surface area contributed by atoms with E-state index in [4.69, 9.17) is 9.79 Å². The molecule has 0 aliphatic heterocycles. The average Bonchev–Trinajstić information content (AvgIpc) is 2.15. The first kappa shape index (κ1) is 12.9. The van der Waals surface area contributed by atoms with Gasteiger partial charge in [0.05, 0.1) is 0 Å². The van der Waals surface area contributed by atoms with E-state index in [1.54, 1.807) is 13.8 Å². The summed E-state index contributed by atoms with van der Waals surface area (Å²) in [6.45, 7) is 3.56. The molecule has 0 aliphatic carbocycles. The maximum atomic E-state index is 11.5. The molecular weight excluding hydrogens is 231 g/mol. The molecule has 0 amide bonds. The van der Waals surface area contributed by atoms with E-state index in [1.807, 2.05) is 0 Å². The van der Waals surface area contributed by atoms with Crippen LogP contribution < -0.4 is 4.52 Å². The summed E-state index contributed by atoms with van der Waals surface area (Å²) in [5.74, 6) is -0.107. The number of carbonyl (C=O) groups excluding carboxylic acids is 1. The van der Waals surface area contributed by atoms with E-state index >= 15 is 0 Å². The Hall–Kier alpha value is -1.16. The lowest BCUT2D eigenvalue weighted by atomic mass is 10.0. The van der Waals surface area contributed by atoms with Crippen LogP contribution in [0.25, 0.3) is 0 Å². The van der Waals surface area contributed by atoms with Gasteiger partial charge in [-0.1, -0.05) is 13.8 Å². The Balaban J connectivity index is 2.84. The first-order chi connectivity index (χ1) is 7.29. The number of rotatable bonds is 4. The number of hydrogen-bond donors (Lipinski definition) is 2. The largest absolute Gasteiger partial charge is 0.524 e. The highest BCUT2D eigenvalue weighted by Crippen LogP contribution is 2.37. The van der Waals surface area contributed by atoms with E-state index in [-0.39, 0.29) is 17.5 Å². The van der Waals surface area contributed by atoms with Crippen LogP contribution in [0.2, 0.25) is 0 Å². The van der Waals surface area contributed by atoms with Crippen molar-refractivity contribution in [2.45, 2.75) is 13.8 Å². The van der Waals surface area contributed by atoms with Crippen LogP contribution in [-0.4, -0.2) is 15.6 Å². The molecule has 88 valence electrons. The van der Waals surface area contributed by atoms with Crippen LogP contribution in [0.5, 0.6) is 5.75 Å². The minimum absolute atomic E-state index is 0.0253. The highest BCUT2D eigenvalue weighted by atomic mass is 31.2. The van der Waals surface area contributed by atoms with Gasteiger partial charge in [-0.2, -0.15) is 0 Å². The molecule has 16 heavy (non-hydrogen) atoms. The fourth-order valence-corrected chi connectivity index (χ4v) is 1.55. The zero-order chi connectivity index (χ0) is 12.3. The van der Waals surface area contributed by atoms with Crippen molar-refractivity contribution in [1.82, 2.24) is 0 Å². The maximum absolute atomic E-state index is 11.5. The highest BCUT2D eigenvalue weighted by Gasteiger charge is 2.16. The van der Waals surface area contributed by atoms with E-state index < -0.39 is 7.82 Å². The van der Waals surface area contributed by atoms with Crippen LogP contribution in [-0.2, 0) is 4.57 Å². The number of Topliss-reactive ketones (excluding diaryl/α,β-unsaturated/α-hetero) is 1. The second-order valence-electron chi connectivity index (χ2n) is 3.63. The van der Waals surface area contributed by atoms with Gasteiger partial charge in [0.1, 0.15) is 5.75 Å². The number of hydrogen-bond acceptors (Lipinski definition) is 3. The Labute approximate surface area is 93.3 Å². The highest BCUT2D eigenvalue weighted by molar-refractivity contribution is 7.46. The molecule has 6 heteroatoms. The Morgan fingerprint density at radius 2 is 1.75 bits per heavy atom. The summed E-state index contributed by atoms with van der Waals surface area (Å²) < 4.78 is 14.9. The van der Waals surface area contributed by atoms with E-state index in [9.17, 15) is 9.36 Å². The van der Waals surface area contributed by atoms with Gasteiger partial charge in [0.2, 0.25) is 0 Å². The molecule has 1 aromatic rings. The molecular formula is C10H13O5P. The Morgan fingerprint density at radius 1 is 1.25 bits per heavy atom. The summed E-state index contributed by atoms with van der Waals surface area (Å²) in [5.41, 5.74) is 0.494. The van der Waals surface area contributed by atoms with E-state index in [2.05, 4.69) is 4.52 Å². The van der Waals surface area contributed by atoms with Gasteiger partial charge in [0.25, 0.3) is 0 Å². The molecule has 0 spiro atoms. The van der Waals surface area contributed by atoms with Gasteiger partial charge in [0.15, 0.2) is 5.78 Å². The predicted octanol–water partition coefficient (Wildman–Crippen LogP) is 2.00. The third kappa shape index (κ3) is 3.77. The van der Waals surface area contributed by atoms with Gasteiger partial charge < -0.3 is 4.52 Å². The van der Waals surface area contributed by atoms with Gasteiger partial charge in [-0.15, -0.1) is 0 Å². The Kier molecular flexibility index (Phi) is 3.86. The molecule has 0 saturated heterocycles. The summed E-state index contributed by atoms with van der Waals surface area (Å²) >= 11 is 0. The Morgan fingerprint density at radius 3 is 2.12 bits per heavy atom. The molecule has 0 unspecified atom stereocenters. The van der Waals surface area contributed by atoms with Gasteiger partial charge in [0, 0.05) is 11.5 Å². The second-order valence-corrected chi connectivity index (χ2v) is 4.79. The summed E-state index contributed by atoms with van der Waals surface area (Å²) in [7, 11) is -4.53. The average molecular weight is 244 g/mol. The van der Waals surface area contributed by atoms with Gasteiger partial charge in [-0.3, -0.25) is 14.6 Å². The monoisotopic (exact) mass is 244 g/mol. The SMILES string of the molecule is CC(C)C(=O)c1ccc(OP(=O)(O)O)cc1. The lowest BCUT2D eigenvalue weighted by Gasteiger charge is -2.08. The van der Waals surface area contributed by atoms with Crippen molar-refractivity contribution < 1.29 is 23.7 Å². The van der Waals surface area contributed by atoms with Crippen molar-refractivity contribution in [1.29, 1.82) is 0 Å². The molecule has 1 rings (SSSR count). The normalized spacial score (nSPS) is 11.6. The molecule has 1 aromatic carbocycles. The molecule has 5 nitrogen and oxygen atoms in total. The summed E-state index contributed by atoms with van der Waals surface area (Å²) in [4.78, 5) is 28.7. The zero-order valence-corrected chi connectivity index (χ0v) is 9.85. The van der Waals surface area contributed by atoms with Crippen LogP contribution in [0.15, 0.2) is 24.3 Å². The van der Waals surface area contributed by atoms with Crippen molar-refractivity contribution in [2.75, 3.05) is 0 Å². The molecule has 0 aliphatic rings. The van der Waals surface area contributed by atoms with E-state index in [1.165, 1.54) is 24.3 Å². The van der Waals surface area contributed by atoms with E-state index in [0.29, 0.717) is 5.56 Å². The topological polar surface area (TPSA) is 83.8 Å². The quantitative estimate of drug-likeness (QED) is 0.625. The summed E-state index contributed by atoms with van der Waals surface area (Å²) in [5, 5.41) is 0. The molecule has 0 saturated carbocycles. The molecule has 0 bridgehead atoms. The number of phosphoric acid groups is 1. The minimum Gasteiger partial charge on any atom is -0.404 e. The second kappa shape index (κ2) is 4.78. The van der Waals surface area contributed by atoms with Crippen LogP contribution in [0.1, 0.15) is 24.2 Å². The third-order valence-corrected chi connectivity index (χ3v) is 2.34. The molecule has 0 atom stereocenters. The maximum Gasteiger partial charge on any atom is 0.524 e. The van der Waals surface area contributed by atoms with Crippen molar-refractivity contribution in [3.63, 3.8) is 0 Å². The van der Waals surface area contributed by atoms with Gasteiger partial charge >= 0.3 is 7.82 Å². The van der Waals surface area contributed by atoms with E-state index in [0.717, 1.165) is 0 Å². The number of carbonyl (C=O) groups is 1. The first-order valence-electron chi connectivity index (χ1n) is 4.69. The summed E-state index contributed by atoms with van der Waals surface area (Å²) in [6, 6.07) is 5.67. The van der Waals surface area contributed by atoms with Crippen molar-refractivity contribution in [3.05, 3.63) is 29.8 Å². The molecule has 0 fully saturated rings. The lowest BCUT2D eigenvalue weighted by Crippen LogP contribution is -2.06. The van der Waals surface area contributed by atoms with Crippen molar-refractivity contribution in [3.8, 4) is 5.75 Å². The van der Waals surface area contributed by atoms with Crippen LogP contribution in [0.4, 0.5) is 0 Å². The molecule has 2 N–H and O–H groups in total. The van der Waals surface area contributed by atoms with Gasteiger partial charge in [-0.25, -0.2) is 4.57 Å². The number of ketones is 1. The van der Waals surface area contributed by atoms with Crippen LogP contribution in [0, 0.1) is 5.92 Å². The van der Waals surface area contributed by atoms with Crippen molar-refractivity contribution in [2.24, 2.45) is 5.92 Å². The van der Waals surface area contributed by atoms with Crippen LogP contribution >= 0.6 is 7.82 Å². The zero-order valence-electron chi connectivity index (χ0n) is 8.95. The standard InChI is InChI=1S/C10H13O5P/c1-7(2)10(11)8-3-5-9(6-4-8)15-16(12,13)14/h3-7H,1-2H3,(H2,12,13,14). The lowest BCUT2D eigenvalue weighted by molar-refractivity contribution is 0.0939. The summed E-state index contributed by atoms with van der Waals surface area (Å²) in [6.07, 6.45) is 0. The van der Waals surface area contributed by atoms with Crippen LogP contribution in [0.3, 0.4) is 0 Å². The van der Waals surface area contributed by atoms with Gasteiger partial charge in [-0.05, 0) is 24.3 Å². The predicted molar refractivity (Wildman–Crippen MR) is 58.3 cm³/mol. The number of benzene rings is 1. The minimum atomic E-state index is -4.53. The third-order valence-electron chi connectivity index (χ3n) is 1.89. The molecule has 0 heterocycles. The Bertz CT molecular complexity index is 417. The number of phosphoric ester groups is 1. The van der Waals surface area contributed by atoms with Crippen molar-refractivity contribution >= 4 is 13.6 Å². The smallest absolute Gasteiger partial charge is 0.404 e. The first-order valence-corrected chi connectivity index (χ1v) is 6.22. The fourth-order valence-electron chi connectivity index (χ4n) is 1.15. The fraction of sp³-hybridized carbons (Fsp3) is 0.300.